The molecular weight excluding hydrogens is 1180 g/mol. The van der Waals surface area contributed by atoms with E-state index in [2.05, 4.69) is 262 Å². The summed E-state index contributed by atoms with van der Waals surface area (Å²) in [7, 11) is 12.0. The lowest BCUT2D eigenvalue weighted by Crippen LogP contribution is -2.33. The second-order valence-corrected chi connectivity index (χ2v) is 26.0. The fourth-order valence-electron chi connectivity index (χ4n) is 12.2. The van der Waals surface area contributed by atoms with E-state index >= 15 is 0 Å². The molecule has 0 aliphatic carbocycles. The highest BCUT2D eigenvalue weighted by molar-refractivity contribution is 5.68. The van der Waals surface area contributed by atoms with E-state index in [1.807, 2.05) is 111 Å². The Morgan fingerprint density at radius 3 is 1.23 bits per heavy atom. The van der Waals surface area contributed by atoms with E-state index in [-0.39, 0.29) is 0 Å². The smallest absolute Gasteiger partial charge is 0.201 e. The maximum atomic E-state index is 7.64. The van der Waals surface area contributed by atoms with Gasteiger partial charge in [-0.1, -0.05) is 130 Å². The molecule has 0 aliphatic heterocycles. The van der Waals surface area contributed by atoms with Crippen LogP contribution in [-0.2, 0) is 48.7 Å². The summed E-state index contributed by atoms with van der Waals surface area (Å²) in [4.78, 5) is 0. The van der Waals surface area contributed by atoms with E-state index < -0.39 is 20.6 Å². The van der Waals surface area contributed by atoms with Gasteiger partial charge in [-0.15, -0.1) is 0 Å². The van der Waals surface area contributed by atoms with Gasteiger partial charge >= 0.3 is 0 Å². The normalized spacial score (nSPS) is 12.3. The molecule has 0 aliphatic rings. The molecule has 6 aromatic carbocycles. The van der Waals surface area contributed by atoms with Gasteiger partial charge in [0.1, 0.15) is 42.3 Å². The zero-order valence-corrected chi connectivity index (χ0v) is 61.4. The van der Waals surface area contributed by atoms with Crippen molar-refractivity contribution in [1.29, 1.82) is 0 Å². The summed E-state index contributed by atoms with van der Waals surface area (Å²) in [5.74, 6) is 0.580. The highest BCUT2D eigenvalue weighted by atomic mass is 14.9. The van der Waals surface area contributed by atoms with E-state index in [9.17, 15) is 0 Å². The number of aromatic nitrogens is 6. The van der Waals surface area contributed by atoms with Crippen LogP contribution in [0.2, 0.25) is 0 Å². The van der Waals surface area contributed by atoms with Crippen molar-refractivity contribution in [1.82, 2.24) is 0 Å². The van der Waals surface area contributed by atoms with Gasteiger partial charge in [0, 0.05) is 114 Å². The Morgan fingerprint density at radius 1 is 0.309 bits per heavy atom. The van der Waals surface area contributed by atoms with Crippen molar-refractivity contribution < 1.29 is 39.7 Å². The Hall–Kier alpha value is -9.78. The molecule has 0 amide bonds. The molecule has 6 heteroatoms. The Balaban J connectivity index is 0.000000178. The molecule has 12 aromatic rings. The summed E-state index contributed by atoms with van der Waals surface area (Å²) in [6.07, 6.45) is 12.8. The lowest BCUT2D eigenvalue weighted by atomic mass is 9.97. The van der Waals surface area contributed by atoms with Gasteiger partial charge in [0.05, 0.1) is 0 Å². The van der Waals surface area contributed by atoms with Crippen molar-refractivity contribution in [2.45, 2.75) is 130 Å². The summed E-state index contributed by atoms with van der Waals surface area (Å²) in [5, 5.41) is 0. The second-order valence-electron chi connectivity index (χ2n) is 26.0. The Labute approximate surface area is 596 Å². The van der Waals surface area contributed by atoms with Gasteiger partial charge in [0.15, 0.2) is 37.2 Å². The monoisotopic (exact) mass is 1300 g/mol. The SMILES string of the molecule is CC(C)c1ccc(-c2ccccc2)[n+](C)c1.CCc1ccc(-c2ccccc2C)[n+](C)c1.Cc1ccccc1-c1c(C)c(C)cc[n+]1C.[2H]C([2H])([2H])c1c[n+](C)c(-c2ccccc2C)c(C)c1C.[2H]C([2H])([2H])c1c[n+](C)c(-c2ccccc2C)cc1C.[2H]C([2H])([2H])c1cc(C)c(-c2ccccc2C)[n+](C)c1. The third-order valence-electron chi connectivity index (χ3n) is 18.3. The molecule has 12 rings (SSSR count). The highest BCUT2D eigenvalue weighted by Gasteiger charge is 2.21. The first-order valence-corrected chi connectivity index (χ1v) is 33.7. The average Bonchev–Trinajstić information content (AvgIpc) is 0.650. The topological polar surface area (TPSA) is 23.3 Å². The van der Waals surface area contributed by atoms with E-state index in [0.717, 1.165) is 62.4 Å². The molecule has 97 heavy (non-hydrogen) atoms. The van der Waals surface area contributed by atoms with Crippen LogP contribution in [0.4, 0.5) is 0 Å². The lowest BCUT2D eigenvalue weighted by molar-refractivity contribution is -0.661. The quantitative estimate of drug-likeness (QED) is 0.135. The van der Waals surface area contributed by atoms with E-state index in [4.69, 9.17) is 12.3 Å². The first kappa shape index (κ1) is 62.1. The molecule has 0 radical (unpaired) electrons. The predicted octanol–water partition coefficient (Wildman–Crippen LogP) is 19.1. The van der Waals surface area contributed by atoms with Crippen LogP contribution in [0.25, 0.3) is 67.5 Å². The number of pyridine rings is 6. The van der Waals surface area contributed by atoms with Crippen molar-refractivity contribution >= 4 is 0 Å². The van der Waals surface area contributed by atoms with Crippen molar-refractivity contribution in [2.75, 3.05) is 0 Å². The third kappa shape index (κ3) is 19.3. The number of nitrogens with zero attached hydrogens (tertiary/aromatic N) is 6. The third-order valence-corrected chi connectivity index (χ3v) is 18.3. The molecule has 0 unspecified atom stereocenters. The molecule has 0 bridgehead atoms. The molecule has 6 nitrogen and oxygen atoms in total. The van der Waals surface area contributed by atoms with Crippen LogP contribution in [0.1, 0.15) is 128 Å². The molecule has 0 fully saturated rings. The Bertz CT molecular complexity index is 4990. The molecule has 0 atom stereocenters. The number of hydrogen-bond acceptors (Lipinski definition) is 0. The lowest BCUT2D eigenvalue weighted by Gasteiger charge is -2.10. The van der Waals surface area contributed by atoms with Crippen molar-refractivity contribution in [2.24, 2.45) is 42.3 Å². The van der Waals surface area contributed by atoms with Gasteiger partial charge in [-0.2, -0.15) is 0 Å². The van der Waals surface area contributed by atoms with Gasteiger partial charge in [0.25, 0.3) is 0 Å². The van der Waals surface area contributed by atoms with E-state index in [1.165, 1.54) is 83.8 Å². The summed E-state index contributed by atoms with van der Waals surface area (Å²) in [6, 6.07) is 66.6. The zero-order chi connectivity index (χ0) is 78.3. The number of rotatable bonds is 8. The zero-order valence-electron chi connectivity index (χ0n) is 70.4. The molecule has 0 saturated heterocycles. The first-order chi connectivity index (χ1) is 49.8. The number of aryl methyl sites for hydroxylation is 18. The minimum atomic E-state index is -2.07. The molecule has 6 aromatic heterocycles. The van der Waals surface area contributed by atoms with Crippen LogP contribution < -0.4 is 27.4 Å². The summed E-state index contributed by atoms with van der Waals surface area (Å²) >= 11 is 0. The average molecular weight is 1300 g/mol. The van der Waals surface area contributed by atoms with Gasteiger partial charge < -0.3 is 0 Å². The standard InChI is InChI=1S/C16H20N.5C15H18N/c1-11-8-6-7-9-15(11)16-14(4)13(3)12(2)10-17(16)5;1-11-9-13(3)15(16(4)10-11)14-8-6-5-7-12(14)2;1-11-7-5-6-8-14(11)15-9-12(2)13(3)10-16(15)4;1-11-9-10-16(4)15(13(11)3)14-8-6-5-7-12(14)2;1-12(2)14-9-10-15(16(3)11-14)13-7-5-4-6-8-13;1-4-13-9-10-15(16(3)11-13)14-8-6-5-7-12(14)2/h6-10H,1-5H3;3*5-10H,1-4H3;4-12H,1-3H3;5-11H,4H2,1-3H3/q6*+1/i2D3;1D3;3D3;;;. The summed E-state index contributed by atoms with van der Waals surface area (Å²) in [5.41, 5.74) is 30.9. The minimum absolute atomic E-state index is 0.379. The first-order valence-electron chi connectivity index (χ1n) is 38.2. The molecule has 0 saturated carbocycles. The van der Waals surface area contributed by atoms with Gasteiger partial charge in [0.2, 0.25) is 34.2 Å². The van der Waals surface area contributed by atoms with Crippen molar-refractivity contribution in [3.8, 4) is 67.5 Å². The Kier molecular flexibility index (Phi) is 22.2. The van der Waals surface area contributed by atoms with E-state index in [0.29, 0.717) is 22.6 Å². The number of benzene rings is 6. The van der Waals surface area contributed by atoms with Crippen LogP contribution >= 0.6 is 0 Å². The van der Waals surface area contributed by atoms with Crippen LogP contribution in [0.15, 0.2) is 231 Å². The van der Waals surface area contributed by atoms with Crippen LogP contribution in [0.5, 0.6) is 0 Å². The predicted molar refractivity (Wildman–Crippen MR) is 408 cm³/mol. The van der Waals surface area contributed by atoms with Gasteiger partial charge in [-0.25, -0.2) is 27.4 Å². The molecule has 0 N–H and O–H groups in total. The fraction of sp³-hybridized carbons (Fsp3) is 0.275. The maximum absolute atomic E-state index is 7.64. The van der Waals surface area contributed by atoms with Crippen molar-refractivity contribution in [3.63, 3.8) is 0 Å². The van der Waals surface area contributed by atoms with Crippen LogP contribution in [0.3, 0.4) is 0 Å². The van der Waals surface area contributed by atoms with Crippen LogP contribution in [-0.4, -0.2) is 0 Å². The largest absolute Gasteiger partial charge is 0.215 e. The Morgan fingerprint density at radius 2 is 0.753 bits per heavy atom. The molecule has 498 valence electrons. The second kappa shape index (κ2) is 34.8. The summed E-state index contributed by atoms with van der Waals surface area (Å²) < 4.78 is 80.4. The summed E-state index contributed by atoms with van der Waals surface area (Å²) in [6.45, 7) is 23.0. The number of hydrogen-bond donors (Lipinski definition) is 0. The maximum Gasteiger partial charge on any atom is 0.215 e. The van der Waals surface area contributed by atoms with Gasteiger partial charge in [-0.05, 0) is 214 Å². The fourth-order valence-corrected chi connectivity index (χ4v) is 12.2. The van der Waals surface area contributed by atoms with E-state index in [1.54, 1.807) is 24.7 Å². The minimum Gasteiger partial charge on any atom is -0.201 e. The molecular formula is C91H110N6+6. The highest BCUT2D eigenvalue weighted by Crippen LogP contribution is 2.29. The van der Waals surface area contributed by atoms with Crippen molar-refractivity contribution in [3.05, 3.63) is 320 Å². The molecule has 6 heterocycles. The molecule has 0 spiro atoms. The van der Waals surface area contributed by atoms with Gasteiger partial charge in [-0.3, -0.25) is 0 Å². The van der Waals surface area contributed by atoms with Crippen LogP contribution in [0, 0.1) is 96.7 Å².